The summed E-state index contributed by atoms with van der Waals surface area (Å²) in [6, 6.07) is 11.9. The molecule has 1 atom stereocenters. The lowest BCUT2D eigenvalue weighted by Crippen LogP contribution is -2.22. The van der Waals surface area contributed by atoms with Crippen molar-refractivity contribution in [1.29, 1.82) is 5.41 Å². The normalized spacial score (nSPS) is 16.5. The maximum absolute atomic E-state index is 12.3. The van der Waals surface area contributed by atoms with E-state index in [0.717, 1.165) is 5.56 Å². The molecule has 2 aromatic carbocycles. The molecule has 0 unspecified atom stereocenters. The second-order valence-electron chi connectivity index (χ2n) is 5.74. The van der Waals surface area contributed by atoms with Crippen molar-refractivity contribution in [3.63, 3.8) is 0 Å². The number of ether oxygens (including phenoxy) is 1. The van der Waals surface area contributed by atoms with E-state index in [2.05, 4.69) is 10.6 Å². The van der Waals surface area contributed by atoms with Crippen LogP contribution in [0.3, 0.4) is 0 Å². The number of nitrogens with one attached hydrogen (secondary N) is 3. The summed E-state index contributed by atoms with van der Waals surface area (Å²) in [5.41, 5.74) is 2.65. The van der Waals surface area contributed by atoms with Gasteiger partial charge >= 0.3 is 12.0 Å². The van der Waals surface area contributed by atoms with Crippen molar-refractivity contribution < 1.29 is 14.3 Å². The van der Waals surface area contributed by atoms with Gasteiger partial charge in [0.2, 0.25) is 0 Å². The van der Waals surface area contributed by atoms with E-state index in [0.29, 0.717) is 22.0 Å². The van der Waals surface area contributed by atoms with Crippen LogP contribution >= 0.6 is 11.6 Å². The van der Waals surface area contributed by atoms with E-state index in [1.165, 1.54) is 0 Å². The van der Waals surface area contributed by atoms with Gasteiger partial charge in [-0.2, -0.15) is 0 Å². The van der Waals surface area contributed by atoms with Crippen molar-refractivity contribution in [3.05, 3.63) is 58.6 Å². The molecule has 1 heterocycles. The predicted octanol–water partition coefficient (Wildman–Crippen LogP) is 3.95. The van der Waals surface area contributed by atoms with Crippen LogP contribution in [0.15, 0.2) is 42.5 Å². The number of hydrogen-bond donors (Lipinski definition) is 3. The van der Waals surface area contributed by atoms with Gasteiger partial charge in [0.1, 0.15) is 12.3 Å². The molecule has 0 bridgehead atoms. The zero-order valence-corrected chi connectivity index (χ0v) is 14.2. The van der Waals surface area contributed by atoms with Crippen molar-refractivity contribution in [2.24, 2.45) is 0 Å². The molecule has 128 valence electrons. The summed E-state index contributed by atoms with van der Waals surface area (Å²) in [6.45, 7) is 2.04. The molecule has 7 heteroatoms. The Morgan fingerprint density at radius 3 is 2.56 bits per heavy atom. The molecule has 3 N–H and O–H groups in total. The molecule has 6 nitrogen and oxygen atoms in total. The largest absolute Gasteiger partial charge is 0.460 e. The molecule has 1 saturated heterocycles. The average molecular weight is 358 g/mol. The molecule has 0 saturated carbocycles. The summed E-state index contributed by atoms with van der Waals surface area (Å²) in [5.74, 6) is -1.17. The number of esters is 1. The summed E-state index contributed by atoms with van der Waals surface area (Å²) in [6.07, 6.45) is 0. The molecule has 0 radical (unpaired) electrons. The summed E-state index contributed by atoms with van der Waals surface area (Å²) in [5, 5.41) is 13.7. The Morgan fingerprint density at radius 2 is 1.92 bits per heavy atom. The minimum atomic E-state index is -0.644. The van der Waals surface area contributed by atoms with Gasteiger partial charge < -0.3 is 15.4 Å². The number of amides is 2. The number of hydrogen-bond acceptors (Lipinski definition) is 4. The molecule has 1 fully saturated rings. The van der Waals surface area contributed by atoms with E-state index in [1.807, 2.05) is 19.1 Å². The first-order valence-corrected chi connectivity index (χ1v) is 8.01. The molecule has 3 rings (SSSR count). The number of cyclic esters (lactones) is 1. The fourth-order valence-electron chi connectivity index (χ4n) is 2.57. The molecular weight excluding hydrogens is 342 g/mol. The summed E-state index contributed by atoms with van der Waals surface area (Å²) in [7, 11) is 0. The monoisotopic (exact) mass is 357 g/mol. The van der Waals surface area contributed by atoms with Crippen LogP contribution in [0, 0.1) is 12.3 Å². The van der Waals surface area contributed by atoms with Crippen LogP contribution in [0.1, 0.15) is 17.0 Å². The van der Waals surface area contributed by atoms with Crippen molar-refractivity contribution in [2.75, 3.05) is 17.2 Å². The fourth-order valence-corrected chi connectivity index (χ4v) is 2.74. The van der Waals surface area contributed by atoms with Crippen LogP contribution in [0.2, 0.25) is 5.02 Å². The number of anilines is 2. The van der Waals surface area contributed by atoms with E-state index in [4.69, 9.17) is 21.7 Å². The fraction of sp³-hybridized carbons (Fsp3) is 0.167. The van der Waals surface area contributed by atoms with Crippen LogP contribution in [-0.4, -0.2) is 24.3 Å². The first-order valence-electron chi connectivity index (χ1n) is 7.64. The Bertz CT molecular complexity index is 849. The highest BCUT2D eigenvalue weighted by molar-refractivity contribution is 6.39. The smallest absolute Gasteiger partial charge is 0.352 e. The third-order valence-electron chi connectivity index (χ3n) is 3.90. The van der Waals surface area contributed by atoms with Crippen LogP contribution in [0.5, 0.6) is 0 Å². The predicted molar refractivity (Wildman–Crippen MR) is 96.7 cm³/mol. The lowest BCUT2D eigenvalue weighted by atomic mass is 9.95. The first kappa shape index (κ1) is 17.0. The minimum Gasteiger partial charge on any atom is -0.460 e. The van der Waals surface area contributed by atoms with E-state index < -0.39 is 17.9 Å². The van der Waals surface area contributed by atoms with Crippen molar-refractivity contribution in [3.8, 4) is 0 Å². The van der Waals surface area contributed by atoms with E-state index >= 15 is 0 Å². The minimum absolute atomic E-state index is 0.0769. The van der Waals surface area contributed by atoms with Crippen LogP contribution in [-0.2, 0) is 9.53 Å². The topological polar surface area (TPSA) is 91.3 Å². The van der Waals surface area contributed by atoms with Crippen LogP contribution < -0.4 is 10.6 Å². The van der Waals surface area contributed by atoms with Gasteiger partial charge in [-0.15, -0.1) is 0 Å². The van der Waals surface area contributed by atoms with Gasteiger partial charge in [-0.1, -0.05) is 35.4 Å². The zero-order chi connectivity index (χ0) is 18.0. The molecule has 25 heavy (non-hydrogen) atoms. The number of carbonyl (C=O) groups excluding carboxylic acids is 2. The third kappa shape index (κ3) is 3.80. The van der Waals surface area contributed by atoms with Gasteiger partial charge in [0, 0.05) is 16.4 Å². The summed E-state index contributed by atoms with van der Waals surface area (Å²) < 4.78 is 4.90. The summed E-state index contributed by atoms with van der Waals surface area (Å²) >= 11 is 6.03. The maximum Gasteiger partial charge on any atom is 0.352 e. The second-order valence-corrected chi connectivity index (χ2v) is 6.18. The molecule has 0 aliphatic carbocycles. The average Bonchev–Trinajstić information content (AvgIpc) is 2.89. The number of carbonyl (C=O) groups is 2. The van der Waals surface area contributed by atoms with Crippen molar-refractivity contribution in [1.82, 2.24) is 0 Å². The van der Waals surface area contributed by atoms with Crippen molar-refractivity contribution in [2.45, 2.75) is 12.8 Å². The second kappa shape index (κ2) is 6.94. The molecule has 0 spiro atoms. The van der Waals surface area contributed by atoms with E-state index in [-0.39, 0.29) is 12.3 Å². The lowest BCUT2D eigenvalue weighted by molar-refractivity contribution is -0.132. The molecule has 2 aromatic rings. The number of urea groups is 1. The Labute approximate surface area is 149 Å². The highest BCUT2D eigenvalue weighted by Gasteiger charge is 2.33. The molecular formula is C18H16ClN3O3. The summed E-state index contributed by atoms with van der Waals surface area (Å²) in [4.78, 5) is 23.7. The highest BCUT2D eigenvalue weighted by atomic mass is 35.5. The molecule has 1 aliphatic heterocycles. The third-order valence-corrected chi connectivity index (χ3v) is 4.13. The molecule has 2 amide bonds. The Hall–Kier alpha value is -2.86. The lowest BCUT2D eigenvalue weighted by Gasteiger charge is -2.15. The Kier molecular flexibility index (Phi) is 4.72. The number of aryl methyl sites for hydroxylation is 1. The van der Waals surface area contributed by atoms with Gasteiger partial charge in [0.25, 0.3) is 0 Å². The molecule has 0 aromatic heterocycles. The first-order chi connectivity index (χ1) is 11.9. The van der Waals surface area contributed by atoms with E-state index in [9.17, 15) is 9.59 Å². The number of benzene rings is 2. The van der Waals surface area contributed by atoms with Crippen LogP contribution in [0.4, 0.5) is 16.2 Å². The van der Waals surface area contributed by atoms with E-state index in [1.54, 1.807) is 30.3 Å². The van der Waals surface area contributed by atoms with Gasteiger partial charge in [-0.3, -0.25) is 5.41 Å². The SMILES string of the molecule is Cc1ccc(NC(=O)Nc2cc(Cl)ccc2[C@H]2COC(=O)C2=N)cc1. The maximum atomic E-state index is 12.3. The quantitative estimate of drug-likeness (QED) is 0.726. The van der Waals surface area contributed by atoms with Gasteiger partial charge in [-0.25, -0.2) is 9.59 Å². The zero-order valence-electron chi connectivity index (χ0n) is 13.4. The van der Waals surface area contributed by atoms with Crippen LogP contribution in [0.25, 0.3) is 0 Å². The van der Waals surface area contributed by atoms with Gasteiger partial charge in [0.15, 0.2) is 0 Å². The molecule has 1 aliphatic rings. The Balaban J connectivity index is 1.80. The van der Waals surface area contributed by atoms with Gasteiger partial charge in [0.05, 0.1) is 5.92 Å². The number of rotatable bonds is 3. The Morgan fingerprint density at radius 1 is 1.20 bits per heavy atom. The highest BCUT2D eigenvalue weighted by Crippen LogP contribution is 2.32. The van der Waals surface area contributed by atoms with Crippen molar-refractivity contribution >= 4 is 40.7 Å². The number of halogens is 1. The standard InChI is InChI=1S/C18H16ClN3O3/c1-10-2-5-12(6-3-10)21-18(24)22-15-8-11(19)4-7-13(15)14-9-25-17(23)16(14)20/h2-8,14,20H,9H2,1H3,(H2,21,22,24)/t14-/m1/s1. The van der Waals surface area contributed by atoms with Gasteiger partial charge in [-0.05, 0) is 36.8 Å².